The number of aliphatic hydroxyl groups is 1. The maximum atomic E-state index is 11.7. The Balaban J connectivity index is 1.71. The molecule has 2 aliphatic rings. The molecule has 1 aliphatic heterocycles. The highest BCUT2D eigenvalue weighted by Gasteiger charge is 2.35. The maximum absolute atomic E-state index is 11.7. The largest absolute Gasteiger partial charge is 0.388 e. The van der Waals surface area contributed by atoms with Gasteiger partial charge in [-0.15, -0.1) is 0 Å². The van der Waals surface area contributed by atoms with Gasteiger partial charge in [0.15, 0.2) is 0 Å². The summed E-state index contributed by atoms with van der Waals surface area (Å²) in [6, 6.07) is -0.0394. The summed E-state index contributed by atoms with van der Waals surface area (Å²) >= 11 is 0. The van der Waals surface area contributed by atoms with Crippen molar-refractivity contribution in [1.82, 2.24) is 10.6 Å². The van der Waals surface area contributed by atoms with Crippen LogP contribution in [0.15, 0.2) is 0 Å². The Morgan fingerprint density at radius 1 is 1.40 bits per heavy atom. The van der Waals surface area contributed by atoms with E-state index >= 15 is 0 Å². The molecule has 0 bridgehead atoms. The van der Waals surface area contributed by atoms with E-state index in [4.69, 9.17) is 0 Å². The lowest BCUT2D eigenvalue weighted by Gasteiger charge is -2.37. The van der Waals surface area contributed by atoms with Crippen LogP contribution in [0.5, 0.6) is 0 Å². The molecule has 4 nitrogen and oxygen atoms in total. The van der Waals surface area contributed by atoms with E-state index in [2.05, 4.69) is 10.6 Å². The molecule has 1 aliphatic carbocycles. The zero-order chi connectivity index (χ0) is 10.7. The van der Waals surface area contributed by atoms with Crippen molar-refractivity contribution in [2.45, 2.75) is 50.2 Å². The Bertz CT molecular complexity index is 233. The van der Waals surface area contributed by atoms with Crippen LogP contribution in [0.2, 0.25) is 0 Å². The molecule has 0 spiro atoms. The van der Waals surface area contributed by atoms with Crippen LogP contribution in [-0.4, -0.2) is 35.7 Å². The standard InChI is InChI=1S/C11H20N2O2/c14-10(9-4-1-2-7-12-9)13-8-11(15)5-3-6-11/h9,12,15H,1-8H2,(H,13,14)/t9-/m1/s1. The summed E-state index contributed by atoms with van der Waals surface area (Å²) in [6.07, 6.45) is 5.93. The molecule has 1 saturated carbocycles. The Morgan fingerprint density at radius 3 is 2.73 bits per heavy atom. The van der Waals surface area contributed by atoms with Crippen molar-refractivity contribution >= 4 is 5.91 Å². The lowest BCUT2D eigenvalue weighted by atomic mass is 9.80. The summed E-state index contributed by atoms with van der Waals surface area (Å²) in [5, 5.41) is 15.9. The zero-order valence-electron chi connectivity index (χ0n) is 9.09. The van der Waals surface area contributed by atoms with Crippen LogP contribution in [0.3, 0.4) is 0 Å². The first-order chi connectivity index (χ1) is 7.20. The minimum absolute atomic E-state index is 0.0394. The number of amides is 1. The predicted molar refractivity (Wildman–Crippen MR) is 57.5 cm³/mol. The fraction of sp³-hybridized carbons (Fsp3) is 0.909. The fourth-order valence-corrected chi connectivity index (χ4v) is 2.21. The topological polar surface area (TPSA) is 61.4 Å². The highest BCUT2D eigenvalue weighted by Crippen LogP contribution is 2.30. The number of carbonyl (C=O) groups excluding carboxylic acids is 1. The number of rotatable bonds is 3. The molecule has 1 saturated heterocycles. The van der Waals surface area contributed by atoms with E-state index in [9.17, 15) is 9.90 Å². The second-order valence-electron chi connectivity index (χ2n) is 4.80. The number of hydrogen-bond acceptors (Lipinski definition) is 3. The first kappa shape index (κ1) is 10.9. The number of piperidine rings is 1. The Kier molecular flexibility index (Phi) is 3.26. The fourth-order valence-electron chi connectivity index (χ4n) is 2.21. The number of nitrogens with one attached hydrogen (secondary N) is 2. The molecule has 86 valence electrons. The van der Waals surface area contributed by atoms with Crippen molar-refractivity contribution < 1.29 is 9.90 Å². The minimum atomic E-state index is -0.607. The van der Waals surface area contributed by atoms with Crippen LogP contribution in [-0.2, 0) is 4.79 Å². The van der Waals surface area contributed by atoms with Gasteiger partial charge in [0.05, 0.1) is 11.6 Å². The summed E-state index contributed by atoms with van der Waals surface area (Å²) in [6.45, 7) is 1.35. The van der Waals surface area contributed by atoms with Crippen molar-refractivity contribution in [2.75, 3.05) is 13.1 Å². The van der Waals surface area contributed by atoms with Gasteiger partial charge in [-0.3, -0.25) is 4.79 Å². The molecule has 0 unspecified atom stereocenters. The molecule has 0 aromatic rings. The molecule has 3 N–H and O–H groups in total. The van der Waals surface area contributed by atoms with Crippen LogP contribution in [0.1, 0.15) is 38.5 Å². The van der Waals surface area contributed by atoms with E-state index in [1.807, 2.05) is 0 Å². The van der Waals surface area contributed by atoms with Gasteiger partial charge in [-0.1, -0.05) is 6.42 Å². The minimum Gasteiger partial charge on any atom is -0.388 e. The predicted octanol–water partition coefficient (Wildman–Crippen LogP) is 0.160. The van der Waals surface area contributed by atoms with Gasteiger partial charge < -0.3 is 15.7 Å². The lowest BCUT2D eigenvalue weighted by Crippen LogP contribution is -2.53. The van der Waals surface area contributed by atoms with E-state index in [0.717, 1.165) is 45.1 Å². The van der Waals surface area contributed by atoms with E-state index in [-0.39, 0.29) is 11.9 Å². The molecule has 0 aromatic carbocycles. The Labute approximate surface area is 90.4 Å². The first-order valence-corrected chi connectivity index (χ1v) is 5.93. The van der Waals surface area contributed by atoms with Crippen molar-refractivity contribution in [2.24, 2.45) is 0 Å². The summed E-state index contributed by atoms with van der Waals surface area (Å²) in [5.41, 5.74) is -0.607. The smallest absolute Gasteiger partial charge is 0.237 e. The lowest BCUT2D eigenvalue weighted by molar-refractivity contribution is -0.126. The SMILES string of the molecule is O=C(NCC1(O)CCC1)[C@H]1CCCCN1. The summed E-state index contributed by atoms with van der Waals surface area (Å²) in [4.78, 5) is 11.7. The zero-order valence-corrected chi connectivity index (χ0v) is 9.09. The van der Waals surface area contributed by atoms with Crippen LogP contribution < -0.4 is 10.6 Å². The van der Waals surface area contributed by atoms with E-state index in [1.54, 1.807) is 0 Å². The maximum Gasteiger partial charge on any atom is 0.237 e. The van der Waals surface area contributed by atoms with Crippen LogP contribution >= 0.6 is 0 Å². The van der Waals surface area contributed by atoms with Crippen molar-refractivity contribution in [1.29, 1.82) is 0 Å². The van der Waals surface area contributed by atoms with Crippen molar-refractivity contribution in [3.05, 3.63) is 0 Å². The van der Waals surface area contributed by atoms with Crippen molar-refractivity contribution in [3.8, 4) is 0 Å². The second kappa shape index (κ2) is 4.49. The van der Waals surface area contributed by atoms with E-state index in [1.165, 1.54) is 0 Å². The molecule has 0 radical (unpaired) electrons. The second-order valence-corrected chi connectivity index (χ2v) is 4.80. The molecular weight excluding hydrogens is 192 g/mol. The third-order valence-electron chi connectivity index (χ3n) is 3.50. The highest BCUT2D eigenvalue weighted by atomic mass is 16.3. The Hall–Kier alpha value is -0.610. The average Bonchev–Trinajstić information content (AvgIpc) is 2.24. The molecule has 4 heteroatoms. The summed E-state index contributed by atoms with van der Waals surface area (Å²) in [7, 11) is 0. The first-order valence-electron chi connectivity index (χ1n) is 5.93. The van der Waals surface area contributed by atoms with E-state index < -0.39 is 5.60 Å². The van der Waals surface area contributed by atoms with Crippen LogP contribution in [0.4, 0.5) is 0 Å². The van der Waals surface area contributed by atoms with Gasteiger partial charge in [0.25, 0.3) is 0 Å². The third kappa shape index (κ3) is 2.69. The highest BCUT2D eigenvalue weighted by molar-refractivity contribution is 5.81. The quantitative estimate of drug-likeness (QED) is 0.624. The van der Waals surface area contributed by atoms with Gasteiger partial charge in [0, 0.05) is 6.54 Å². The molecule has 2 rings (SSSR count). The van der Waals surface area contributed by atoms with Gasteiger partial charge >= 0.3 is 0 Å². The van der Waals surface area contributed by atoms with Crippen LogP contribution in [0.25, 0.3) is 0 Å². The van der Waals surface area contributed by atoms with E-state index in [0.29, 0.717) is 6.54 Å². The molecule has 1 heterocycles. The van der Waals surface area contributed by atoms with Gasteiger partial charge in [-0.05, 0) is 38.6 Å². The molecule has 1 atom stereocenters. The van der Waals surface area contributed by atoms with Gasteiger partial charge in [-0.25, -0.2) is 0 Å². The van der Waals surface area contributed by atoms with Crippen molar-refractivity contribution in [3.63, 3.8) is 0 Å². The molecule has 0 aromatic heterocycles. The normalized spacial score (nSPS) is 29.3. The average molecular weight is 212 g/mol. The van der Waals surface area contributed by atoms with Crippen LogP contribution in [0, 0.1) is 0 Å². The summed E-state index contributed by atoms with van der Waals surface area (Å²) in [5.74, 6) is 0.0509. The van der Waals surface area contributed by atoms with Gasteiger partial charge in [0.1, 0.15) is 0 Å². The Morgan fingerprint density at radius 2 is 2.20 bits per heavy atom. The molecular formula is C11H20N2O2. The number of hydrogen-bond donors (Lipinski definition) is 3. The monoisotopic (exact) mass is 212 g/mol. The van der Waals surface area contributed by atoms with Gasteiger partial charge in [0.2, 0.25) is 5.91 Å². The summed E-state index contributed by atoms with van der Waals surface area (Å²) < 4.78 is 0. The molecule has 1 amide bonds. The number of carbonyl (C=O) groups is 1. The molecule has 15 heavy (non-hydrogen) atoms. The third-order valence-corrected chi connectivity index (χ3v) is 3.50. The molecule has 2 fully saturated rings. The van der Waals surface area contributed by atoms with Gasteiger partial charge in [-0.2, -0.15) is 0 Å².